The first-order valence-electron chi connectivity index (χ1n) is 13.5. The van der Waals surface area contributed by atoms with Gasteiger partial charge < -0.3 is 16.0 Å². The topological polar surface area (TPSA) is 100 Å². The second kappa shape index (κ2) is 11.2. The molecule has 1 unspecified atom stereocenters. The first-order chi connectivity index (χ1) is 19.0. The number of fused-ring (bicyclic) bond motifs is 1. The minimum absolute atomic E-state index is 0.0611. The van der Waals surface area contributed by atoms with E-state index in [2.05, 4.69) is 20.2 Å². The molecule has 2 aliphatic rings. The average molecular weight is 560 g/mol. The molecule has 1 aromatic carbocycles. The molecule has 0 aliphatic carbocycles. The van der Waals surface area contributed by atoms with Crippen molar-refractivity contribution in [3.63, 3.8) is 0 Å². The molecule has 2 fully saturated rings. The third kappa shape index (κ3) is 6.33. The van der Waals surface area contributed by atoms with E-state index in [9.17, 15) is 22.4 Å². The fourth-order valence-corrected chi connectivity index (χ4v) is 5.29. The number of pyridine rings is 1. The molecule has 214 valence electrons. The van der Waals surface area contributed by atoms with Gasteiger partial charge in [0.1, 0.15) is 5.82 Å². The van der Waals surface area contributed by atoms with E-state index in [4.69, 9.17) is 10.7 Å². The summed E-state index contributed by atoms with van der Waals surface area (Å²) in [6.45, 7) is 2.58. The van der Waals surface area contributed by atoms with E-state index in [1.54, 1.807) is 12.1 Å². The summed E-state index contributed by atoms with van der Waals surface area (Å²) in [5, 5.41) is 3.60. The van der Waals surface area contributed by atoms with E-state index in [-0.39, 0.29) is 44.4 Å². The molecular weight excluding hydrogens is 526 g/mol. The summed E-state index contributed by atoms with van der Waals surface area (Å²) in [6, 6.07) is 8.74. The lowest BCUT2D eigenvalue weighted by Gasteiger charge is -2.37. The zero-order valence-electron chi connectivity index (χ0n) is 22.3. The molecule has 2 aliphatic heterocycles. The van der Waals surface area contributed by atoms with Crippen LogP contribution in [0, 0.1) is 0 Å². The zero-order valence-corrected chi connectivity index (χ0v) is 22.3. The lowest BCUT2D eigenvalue weighted by atomic mass is 10.0. The first kappa shape index (κ1) is 28.2. The first-order valence-corrected chi connectivity index (χ1v) is 13.5. The summed E-state index contributed by atoms with van der Waals surface area (Å²) >= 11 is 0. The number of nitrogens with one attached hydrogen (secondary N) is 1. The molecule has 0 radical (unpaired) electrons. The van der Waals surface area contributed by atoms with Crippen LogP contribution in [0.3, 0.4) is 0 Å². The van der Waals surface area contributed by atoms with E-state index in [0.717, 1.165) is 31.7 Å². The number of carbonyl (C=O) groups excluding carboxylic acids is 1. The maximum absolute atomic E-state index is 13.9. The molecular formula is C28H33F4N7O. The third-order valence-electron chi connectivity index (χ3n) is 7.70. The van der Waals surface area contributed by atoms with Gasteiger partial charge in [-0.2, -0.15) is 8.78 Å². The van der Waals surface area contributed by atoms with Crippen LogP contribution in [0.25, 0.3) is 10.9 Å². The minimum atomic E-state index is -3.21. The molecule has 12 heteroatoms. The fourth-order valence-electron chi connectivity index (χ4n) is 5.29. The third-order valence-corrected chi connectivity index (χ3v) is 7.70. The van der Waals surface area contributed by atoms with Crippen LogP contribution in [0.1, 0.15) is 60.4 Å². The number of aromatic nitrogens is 3. The number of nitrogens with zero attached hydrogens (tertiary/aromatic N) is 5. The Hall–Kier alpha value is -3.38. The summed E-state index contributed by atoms with van der Waals surface area (Å²) in [4.78, 5) is 29.7. The van der Waals surface area contributed by atoms with Gasteiger partial charge in [-0.3, -0.25) is 9.69 Å². The standard InChI is InChI=1S/C28H33F4N7O/c1-27(29,30)26-35-15-18(16-36-26)23(38-13-9-28(31,32)10-14-38)17-34-25(40)21-3-2-4-22-20(21)5-6-24(37-22)39-11-7-19(33)8-12-39/h2-6,15-16,19,23H,7-14,17,33H2,1H3,(H,34,40). The van der Waals surface area contributed by atoms with Crippen LogP contribution < -0.4 is 16.0 Å². The number of alkyl halides is 4. The summed E-state index contributed by atoms with van der Waals surface area (Å²) in [6.07, 6.45) is 3.69. The zero-order chi connectivity index (χ0) is 28.5. The Morgan fingerprint density at radius 3 is 2.42 bits per heavy atom. The van der Waals surface area contributed by atoms with Crippen LogP contribution >= 0.6 is 0 Å². The largest absolute Gasteiger partial charge is 0.356 e. The van der Waals surface area contributed by atoms with E-state index in [1.165, 1.54) is 12.4 Å². The van der Waals surface area contributed by atoms with Gasteiger partial charge in [-0.25, -0.2) is 23.7 Å². The number of nitrogens with two attached hydrogens (primary N) is 1. The summed E-state index contributed by atoms with van der Waals surface area (Å²) in [5.74, 6) is -6.11. The van der Waals surface area contributed by atoms with Crippen molar-refractivity contribution in [3.05, 3.63) is 59.7 Å². The second-order valence-electron chi connectivity index (χ2n) is 10.7. The van der Waals surface area contributed by atoms with E-state index in [0.29, 0.717) is 29.0 Å². The normalized spacial score (nSPS) is 19.5. The predicted molar refractivity (Wildman–Crippen MR) is 144 cm³/mol. The molecule has 0 bridgehead atoms. The fraction of sp³-hybridized carbons (Fsp3) is 0.500. The monoisotopic (exact) mass is 559 g/mol. The molecule has 2 saturated heterocycles. The number of amides is 1. The van der Waals surface area contributed by atoms with Crippen LogP contribution in [0.15, 0.2) is 42.7 Å². The highest BCUT2D eigenvalue weighted by Gasteiger charge is 2.37. The van der Waals surface area contributed by atoms with Gasteiger partial charge in [0.15, 0.2) is 5.82 Å². The minimum Gasteiger partial charge on any atom is -0.356 e. The Bertz CT molecular complexity index is 1330. The smallest absolute Gasteiger partial charge is 0.303 e. The Kier molecular flexibility index (Phi) is 7.92. The predicted octanol–water partition coefficient (Wildman–Crippen LogP) is 4.27. The van der Waals surface area contributed by atoms with Crippen LogP contribution in [0.2, 0.25) is 0 Å². The molecule has 4 heterocycles. The van der Waals surface area contributed by atoms with Gasteiger partial charge in [0.25, 0.3) is 11.8 Å². The molecule has 0 saturated carbocycles. The van der Waals surface area contributed by atoms with Crippen LogP contribution in [0.5, 0.6) is 0 Å². The van der Waals surface area contributed by atoms with Crippen molar-refractivity contribution in [1.82, 2.24) is 25.2 Å². The molecule has 40 heavy (non-hydrogen) atoms. The molecule has 8 nitrogen and oxygen atoms in total. The number of hydrogen-bond acceptors (Lipinski definition) is 7. The number of likely N-dealkylation sites (tertiary alicyclic amines) is 1. The summed E-state index contributed by atoms with van der Waals surface area (Å²) < 4.78 is 55.0. The van der Waals surface area contributed by atoms with Crippen LogP contribution in [0.4, 0.5) is 23.4 Å². The van der Waals surface area contributed by atoms with Crippen molar-refractivity contribution in [1.29, 1.82) is 0 Å². The maximum Gasteiger partial charge on any atom is 0.303 e. The van der Waals surface area contributed by atoms with Crippen molar-refractivity contribution in [2.45, 2.75) is 56.5 Å². The highest BCUT2D eigenvalue weighted by molar-refractivity contribution is 6.06. The average Bonchev–Trinajstić information content (AvgIpc) is 2.93. The van der Waals surface area contributed by atoms with Gasteiger partial charge in [0.2, 0.25) is 0 Å². The molecule has 2 aromatic heterocycles. The van der Waals surface area contributed by atoms with Gasteiger partial charge in [0.05, 0.1) is 11.6 Å². The maximum atomic E-state index is 13.9. The number of piperidine rings is 2. The Labute approximate surface area is 230 Å². The summed E-state index contributed by atoms with van der Waals surface area (Å²) in [5.41, 5.74) is 7.59. The van der Waals surface area contributed by atoms with Gasteiger partial charge >= 0.3 is 5.92 Å². The lowest BCUT2D eigenvalue weighted by molar-refractivity contribution is -0.0633. The molecule has 5 rings (SSSR count). The van der Waals surface area contributed by atoms with E-state index in [1.807, 2.05) is 23.1 Å². The van der Waals surface area contributed by atoms with Gasteiger partial charge in [-0.15, -0.1) is 0 Å². The van der Waals surface area contributed by atoms with E-state index >= 15 is 0 Å². The molecule has 0 spiro atoms. The highest BCUT2D eigenvalue weighted by Crippen LogP contribution is 2.33. The molecule has 1 amide bonds. The lowest BCUT2D eigenvalue weighted by Crippen LogP contribution is -2.45. The van der Waals surface area contributed by atoms with Crippen LogP contribution in [-0.4, -0.2) is 70.4 Å². The van der Waals surface area contributed by atoms with Crippen molar-refractivity contribution >= 4 is 22.6 Å². The number of rotatable bonds is 7. The van der Waals surface area contributed by atoms with Crippen molar-refractivity contribution in [3.8, 4) is 0 Å². The number of benzene rings is 1. The highest BCUT2D eigenvalue weighted by atomic mass is 19.3. The quantitative estimate of drug-likeness (QED) is 0.417. The second-order valence-corrected chi connectivity index (χ2v) is 10.7. The molecule has 1 atom stereocenters. The summed E-state index contributed by atoms with van der Waals surface area (Å²) in [7, 11) is 0. The van der Waals surface area contributed by atoms with Gasteiger partial charge in [-0.1, -0.05) is 6.07 Å². The molecule has 3 aromatic rings. The van der Waals surface area contributed by atoms with E-state index < -0.39 is 23.7 Å². The van der Waals surface area contributed by atoms with Crippen molar-refractivity contribution in [2.75, 3.05) is 37.6 Å². The Balaban J connectivity index is 1.34. The number of hydrogen-bond donors (Lipinski definition) is 2. The molecule has 3 N–H and O–H groups in total. The number of halogens is 4. The Morgan fingerprint density at radius 2 is 1.77 bits per heavy atom. The SMILES string of the molecule is CC(F)(F)c1ncc(C(CNC(=O)c2cccc3nc(N4CCC(N)CC4)ccc23)N2CCC(F)(F)CC2)cn1. The number of carbonyl (C=O) groups is 1. The van der Waals surface area contributed by atoms with Crippen molar-refractivity contribution < 1.29 is 22.4 Å². The van der Waals surface area contributed by atoms with Crippen LogP contribution in [-0.2, 0) is 5.92 Å². The van der Waals surface area contributed by atoms with Gasteiger partial charge in [0, 0.05) is 87.4 Å². The number of anilines is 1. The van der Waals surface area contributed by atoms with Gasteiger partial charge in [-0.05, 0) is 37.1 Å². The van der Waals surface area contributed by atoms with Crippen molar-refractivity contribution in [2.24, 2.45) is 5.73 Å². The Morgan fingerprint density at radius 1 is 1.10 bits per heavy atom.